The van der Waals surface area contributed by atoms with Gasteiger partial charge < -0.3 is 26.2 Å². The summed E-state index contributed by atoms with van der Waals surface area (Å²) < 4.78 is 0. The molecule has 1 aliphatic heterocycles. The Morgan fingerprint density at radius 1 is 1.31 bits per heavy atom. The van der Waals surface area contributed by atoms with Crippen LogP contribution in [0.5, 0.6) is 0 Å². The van der Waals surface area contributed by atoms with E-state index in [4.69, 9.17) is 15.7 Å². The van der Waals surface area contributed by atoms with E-state index in [1.54, 1.807) is 4.90 Å². The minimum absolute atomic E-state index is 0.273. The zero-order valence-electron chi connectivity index (χ0n) is 17.5. The molecule has 8 heteroatoms. The van der Waals surface area contributed by atoms with Crippen molar-refractivity contribution in [2.75, 3.05) is 38.6 Å². The Balaban J connectivity index is 1.76. The highest BCUT2D eigenvalue weighted by atomic mass is 16.2. The minimum Gasteiger partial charge on any atom is -0.363 e. The molecule has 0 atom stereocenters. The van der Waals surface area contributed by atoms with Crippen LogP contribution in [0.3, 0.4) is 0 Å². The number of urea groups is 1. The lowest BCUT2D eigenvalue weighted by Crippen LogP contribution is -2.50. The SMILES string of the molecule is CCNC(=NCc1cc(N(C)C)nc2ccccc12)NC1CCN(C(N)=O)CC1. The average molecular weight is 398 g/mol. The molecule has 8 nitrogen and oxygen atoms in total. The van der Waals surface area contributed by atoms with E-state index in [0.717, 1.165) is 47.6 Å². The number of anilines is 1. The number of aliphatic imine (C=N–C) groups is 1. The van der Waals surface area contributed by atoms with Gasteiger partial charge in [0.2, 0.25) is 0 Å². The summed E-state index contributed by atoms with van der Waals surface area (Å²) in [6.07, 6.45) is 1.71. The molecule has 0 saturated carbocycles. The molecule has 29 heavy (non-hydrogen) atoms. The number of likely N-dealkylation sites (tertiary alicyclic amines) is 1. The summed E-state index contributed by atoms with van der Waals surface area (Å²) in [5.74, 6) is 1.71. The molecule has 1 aliphatic rings. The topological polar surface area (TPSA) is 98.9 Å². The Hall–Kier alpha value is -3.03. The highest BCUT2D eigenvalue weighted by Crippen LogP contribution is 2.22. The summed E-state index contributed by atoms with van der Waals surface area (Å²) in [5, 5.41) is 7.95. The van der Waals surface area contributed by atoms with Gasteiger partial charge in [0.05, 0.1) is 12.1 Å². The van der Waals surface area contributed by atoms with Gasteiger partial charge in [0, 0.05) is 45.2 Å². The van der Waals surface area contributed by atoms with Gasteiger partial charge in [0.15, 0.2) is 5.96 Å². The summed E-state index contributed by atoms with van der Waals surface area (Å²) in [4.78, 5) is 24.6. The second-order valence-corrected chi connectivity index (χ2v) is 7.49. The number of hydrogen-bond donors (Lipinski definition) is 3. The van der Waals surface area contributed by atoms with Crippen molar-refractivity contribution >= 4 is 28.7 Å². The lowest BCUT2D eigenvalue weighted by molar-refractivity contribution is 0.188. The van der Waals surface area contributed by atoms with Crippen LogP contribution < -0.4 is 21.3 Å². The zero-order chi connectivity index (χ0) is 20.8. The van der Waals surface area contributed by atoms with Crippen LogP contribution in [0.1, 0.15) is 25.3 Å². The standard InChI is InChI=1S/C21H31N7O/c1-4-23-21(25-16-9-11-28(12-10-16)20(22)29)24-14-15-13-19(27(2)3)26-18-8-6-5-7-17(15)18/h5-8,13,16H,4,9-12,14H2,1-3H3,(H2,22,29)(H2,23,24,25). The van der Waals surface area contributed by atoms with Crippen molar-refractivity contribution in [3.63, 3.8) is 0 Å². The van der Waals surface area contributed by atoms with Gasteiger partial charge in [-0.1, -0.05) is 18.2 Å². The molecule has 4 N–H and O–H groups in total. The Morgan fingerprint density at radius 3 is 2.69 bits per heavy atom. The molecule has 1 fully saturated rings. The first-order valence-electron chi connectivity index (χ1n) is 10.1. The van der Waals surface area contributed by atoms with Gasteiger partial charge in [0.25, 0.3) is 0 Å². The third kappa shape index (κ3) is 5.28. The van der Waals surface area contributed by atoms with E-state index in [-0.39, 0.29) is 12.1 Å². The largest absolute Gasteiger partial charge is 0.363 e. The van der Waals surface area contributed by atoms with Crippen LogP contribution in [0.2, 0.25) is 0 Å². The van der Waals surface area contributed by atoms with Crippen molar-refractivity contribution in [2.45, 2.75) is 32.4 Å². The number of rotatable bonds is 5. The molecule has 1 aromatic carbocycles. The van der Waals surface area contributed by atoms with Gasteiger partial charge in [0.1, 0.15) is 5.82 Å². The fraction of sp³-hybridized carbons (Fsp3) is 0.476. The summed E-state index contributed by atoms with van der Waals surface area (Å²) in [6, 6.07) is 10.2. The Labute approximate surface area is 172 Å². The van der Waals surface area contributed by atoms with Crippen molar-refractivity contribution < 1.29 is 4.79 Å². The zero-order valence-corrected chi connectivity index (χ0v) is 17.5. The number of nitrogens with two attached hydrogens (primary N) is 1. The highest BCUT2D eigenvalue weighted by Gasteiger charge is 2.21. The maximum atomic E-state index is 11.3. The first-order valence-corrected chi connectivity index (χ1v) is 10.1. The monoisotopic (exact) mass is 397 g/mol. The number of hydrogen-bond acceptors (Lipinski definition) is 4. The molecule has 0 radical (unpaired) electrons. The molecular weight excluding hydrogens is 366 g/mol. The van der Waals surface area contributed by atoms with Crippen molar-refractivity contribution in [3.8, 4) is 0 Å². The number of para-hydroxylation sites is 1. The Kier molecular flexibility index (Phi) is 6.74. The maximum absolute atomic E-state index is 11.3. The molecule has 1 aromatic heterocycles. The quantitative estimate of drug-likeness (QED) is 0.529. The predicted molar refractivity (Wildman–Crippen MR) is 118 cm³/mol. The number of amides is 2. The van der Waals surface area contributed by atoms with Crippen LogP contribution in [0.4, 0.5) is 10.6 Å². The van der Waals surface area contributed by atoms with E-state index in [0.29, 0.717) is 19.6 Å². The second-order valence-electron chi connectivity index (χ2n) is 7.49. The Morgan fingerprint density at radius 2 is 2.03 bits per heavy atom. The molecule has 0 bridgehead atoms. The van der Waals surface area contributed by atoms with Crippen molar-refractivity contribution in [2.24, 2.45) is 10.7 Å². The number of aromatic nitrogens is 1. The number of guanidine groups is 1. The third-order valence-electron chi connectivity index (χ3n) is 5.15. The number of nitrogens with one attached hydrogen (secondary N) is 2. The maximum Gasteiger partial charge on any atom is 0.314 e. The van der Waals surface area contributed by atoms with E-state index in [9.17, 15) is 4.79 Å². The van der Waals surface area contributed by atoms with E-state index in [2.05, 4.69) is 29.7 Å². The number of piperidine rings is 1. The van der Waals surface area contributed by atoms with Crippen LogP contribution in [0.25, 0.3) is 10.9 Å². The Bertz CT molecular complexity index is 872. The number of primary amides is 1. The average Bonchev–Trinajstić information content (AvgIpc) is 2.72. The van der Waals surface area contributed by atoms with E-state index < -0.39 is 0 Å². The second kappa shape index (κ2) is 9.45. The molecule has 2 aromatic rings. The minimum atomic E-state index is -0.342. The molecule has 3 rings (SSSR count). The predicted octanol–water partition coefficient (Wildman–Crippen LogP) is 1.90. The van der Waals surface area contributed by atoms with E-state index in [1.165, 1.54) is 0 Å². The third-order valence-corrected chi connectivity index (χ3v) is 5.15. The molecular formula is C21H31N7O. The summed E-state index contributed by atoms with van der Waals surface area (Å²) in [7, 11) is 3.99. The fourth-order valence-electron chi connectivity index (χ4n) is 3.51. The smallest absolute Gasteiger partial charge is 0.314 e. The van der Waals surface area contributed by atoms with Crippen LogP contribution in [0.15, 0.2) is 35.3 Å². The van der Waals surface area contributed by atoms with Gasteiger partial charge in [-0.2, -0.15) is 0 Å². The van der Waals surface area contributed by atoms with E-state index >= 15 is 0 Å². The van der Waals surface area contributed by atoms with Crippen LogP contribution in [-0.2, 0) is 6.54 Å². The molecule has 1 saturated heterocycles. The summed E-state index contributed by atoms with van der Waals surface area (Å²) in [5.41, 5.74) is 7.49. The van der Waals surface area contributed by atoms with Gasteiger partial charge in [-0.3, -0.25) is 0 Å². The van der Waals surface area contributed by atoms with Gasteiger partial charge in [-0.05, 0) is 37.5 Å². The van der Waals surface area contributed by atoms with Crippen LogP contribution >= 0.6 is 0 Å². The lowest BCUT2D eigenvalue weighted by Gasteiger charge is -2.32. The first-order chi connectivity index (χ1) is 14.0. The first kappa shape index (κ1) is 20.7. The van der Waals surface area contributed by atoms with Gasteiger partial charge in [-0.25, -0.2) is 14.8 Å². The van der Waals surface area contributed by atoms with Crippen molar-refractivity contribution in [3.05, 3.63) is 35.9 Å². The van der Waals surface area contributed by atoms with Crippen molar-refractivity contribution in [1.82, 2.24) is 20.5 Å². The number of carbonyl (C=O) groups excluding carboxylic acids is 1. The molecule has 2 amide bonds. The highest BCUT2D eigenvalue weighted by molar-refractivity contribution is 5.85. The normalized spacial score (nSPS) is 15.4. The number of fused-ring (bicyclic) bond motifs is 1. The number of benzene rings is 1. The number of carbonyl (C=O) groups is 1. The van der Waals surface area contributed by atoms with Crippen LogP contribution in [-0.4, -0.2) is 61.6 Å². The van der Waals surface area contributed by atoms with Gasteiger partial charge >= 0.3 is 6.03 Å². The number of nitrogens with zero attached hydrogens (tertiary/aromatic N) is 4. The number of pyridine rings is 1. The molecule has 0 aliphatic carbocycles. The van der Waals surface area contributed by atoms with Crippen molar-refractivity contribution in [1.29, 1.82) is 0 Å². The summed E-state index contributed by atoms with van der Waals surface area (Å²) in [6.45, 7) is 4.74. The van der Waals surface area contributed by atoms with Crippen LogP contribution in [0, 0.1) is 0 Å². The molecule has 2 heterocycles. The van der Waals surface area contributed by atoms with Gasteiger partial charge in [-0.15, -0.1) is 0 Å². The molecule has 156 valence electrons. The molecule has 0 unspecified atom stereocenters. The summed E-state index contributed by atoms with van der Waals surface area (Å²) >= 11 is 0. The fourth-order valence-corrected chi connectivity index (χ4v) is 3.51. The lowest BCUT2D eigenvalue weighted by atomic mass is 10.1. The van der Waals surface area contributed by atoms with E-state index in [1.807, 2.05) is 37.2 Å². The molecule has 0 spiro atoms.